The minimum Gasteiger partial charge on any atom is -0.469 e. The van der Waals surface area contributed by atoms with Crippen LogP contribution in [0, 0.1) is 0 Å². The molecule has 0 atom stereocenters. The molecule has 0 spiro atoms. The first-order valence-corrected chi connectivity index (χ1v) is 10.9. The van der Waals surface area contributed by atoms with Crippen molar-refractivity contribution in [2.75, 3.05) is 7.11 Å². The van der Waals surface area contributed by atoms with Crippen molar-refractivity contribution >= 4 is 5.97 Å². The Morgan fingerprint density at radius 3 is 1.92 bits per heavy atom. The number of hydrogen-bond acceptors (Lipinski definition) is 2. The molecule has 0 N–H and O–H groups in total. The van der Waals surface area contributed by atoms with Gasteiger partial charge in [-0.05, 0) is 48.8 Å². The minimum atomic E-state index is -0.119. The molecule has 1 aromatic carbocycles. The van der Waals surface area contributed by atoms with Gasteiger partial charge in [-0.25, -0.2) is 0 Å². The molecule has 0 amide bonds. The molecular weight excluding hydrogens is 320 g/mol. The molecule has 0 unspecified atom stereocenters. The highest BCUT2D eigenvalue weighted by molar-refractivity contribution is 5.69. The van der Waals surface area contributed by atoms with Gasteiger partial charge in [0.25, 0.3) is 0 Å². The molecular formula is C24H40O2. The summed E-state index contributed by atoms with van der Waals surface area (Å²) in [6, 6.07) is 6.88. The monoisotopic (exact) mass is 360 g/mol. The Kier molecular flexibility index (Phi) is 13.0. The number of methoxy groups -OCH3 is 1. The summed E-state index contributed by atoms with van der Waals surface area (Å²) in [4.78, 5) is 11.4. The molecule has 0 aliphatic carbocycles. The van der Waals surface area contributed by atoms with Crippen LogP contribution in [0.1, 0.15) is 101 Å². The van der Waals surface area contributed by atoms with Gasteiger partial charge < -0.3 is 4.74 Å². The number of carbonyl (C=O) groups excluding carboxylic acids is 1. The maximum absolute atomic E-state index is 11.4. The highest BCUT2D eigenvalue weighted by Crippen LogP contribution is 2.20. The fourth-order valence-corrected chi connectivity index (χ4v) is 3.50. The van der Waals surface area contributed by atoms with Crippen molar-refractivity contribution in [3.8, 4) is 0 Å². The van der Waals surface area contributed by atoms with E-state index in [1.54, 1.807) is 0 Å². The van der Waals surface area contributed by atoms with E-state index >= 15 is 0 Å². The number of benzene rings is 1. The first kappa shape index (κ1) is 22.7. The normalized spacial score (nSPS) is 10.9. The van der Waals surface area contributed by atoms with Crippen LogP contribution in [0.15, 0.2) is 18.2 Å². The van der Waals surface area contributed by atoms with Gasteiger partial charge in [0.1, 0.15) is 0 Å². The van der Waals surface area contributed by atoms with E-state index in [4.69, 9.17) is 4.74 Å². The second-order valence-corrected chi connectivity index (χ2v) is 7.51. The maximum atomic E-state index is 11.4. The molecule has 26 heavy (non-hydrogen) atoms. The molecule has 0 fully saturated rings. The molecule has 2 heteroatoms. The van der Waals surface area contributed by atoms with Crippen molar-refractivity contribution in [3.63, 3.8) is 0 Å². The fourth-order valence-electron chi connectivity index (χ4n) is 3.50. The highest BCUT2D eigenvalue weighted by Gasteiger charge is 2.07. The third-order valence-corrected chi connectivity index (χ3v) is 5.22. The standard InChI is InChI=1S/C24H40O2/c1-4-6-8-10-12-14-22-18-16-21(17-19-24(25)26-3)20-23(22)15-13-11-9-7-5-2/h16,18,20H,4-15,17,19H2,1-3H3. The van der Waals surface area contributed by atoms with Gasteiger partial charge in [-0.2, -0.15) is 0 Å². The van der Waals surface area contributed by atoms with Crippen LogP contribution < -0.4 is 0 Å². The van der Waals surface area contributed by atoms with Gasteiger partial charge in [-0.1, -0.05) is 83.4 Å². The zero-order chi connectivity index (χ0) is 19.0. The van der Waals surface area contributed by atoms with E-state index in [1.165, 1.54) is 101 Å². The summed E-state index contributed by atoms with van der Waals surface area (Å²) in [5, 5.41) is 0. The van der Waals surface area contributed by atoms with Gasteiger partial charge >= 0.3 is 5.97 Å². The lowest BCUT2D eigenvalue weighted by molar-refractivity contribution is -0.140. The number of rotatable bonds is 15. The van der Waals surface area contributed by atoms with Crippen molar-refractivity contribution in [2.45, 2.75) is 104 Å². The lowest BCUT2D eigenvalue weighted by Crippen LogP contribution is -2.03. The summed E-state index contributed by atoms with van der Waals surface area (Å²) in [6.07, 6.45) is 16.9. The molecule has 2 nitrogen and oxygen atoms in total. The minimum absolute atomic E-state index is 0.119. The van der Waals surface area contributed by atoms with Crippen molar-refractivity contribution in [1.29, 1.82) is 0 Å². The smallest absolute Gasteiger partial charge is 0.305 e. The summed E-state index contributed by atoms with van der Waals surface area (Å²) in [5.74, 6) is -0.119. The Balaban J connectivity index is 2.61. The summed E-state index contributed by atoms with van der Waals surface area (Å²) >= 11 is 0. The Morgan fingerprint density at radius 1 is 0.769 bits per heavy atom. The summed E-state index contributed by atoms with van der Waals surface area (Å²) < 4.78 is 4.77. The second-order valence-electron chi connectivity index (χ2n) is 7.51. The Morgan fingerprint density at radius 2 is 1.35 bits per heavy atom. The van der Waals surface area contributed by atoms with Crippen LogP contribution in [-0.4, -0.2) is 13.1 Å². The Hall–Kier alpha value is -1.31. The molecule has 0 bridgehead atoms. The van der Waals surface area contributed by atoms with Gasteiger partial charge in [-0.15, -0.1) is 0 Å². The summed E-state index contributed by atoms with van der Waals surface area (Å²) in [7, 11) is 1.46. The van der Waals surface area contributed by atoms with Crippen LogP contribution >= 0.6 is 0 Å². The predicted octanol–water partition coefficient (Wildman–Crippen LogP) is 6.82. The van der Waals surface area contributed by atoms with Crippen molar-refractivity contribution < 1.29 is 9.53 Å². The largest absolute Gasteiger partial charge is 0.469 e. The van der Waals surface area contributed by atoms with Crippen LogP contribution in [-0.2, 0) is 28.8 Å². The van der Waals surface area contributed by atoms with Crippen LogP contribution in [0.2, 0.25) is 0 Å². The zero-order valence-electron chi connectivity index (χ0n) is 17.4. The number of aryl methyl sites for hydroxylation is 3. The maximum Gasteiger partial charge on any atom is 0.305 e. The molecule has 0 heterocycles. The molecule has 1 aromatic rings. The van der Waals surface area contributed by atoms with E-state index < -0.39 is 0 Å². The van der Waals surface area contributed by atoms with Gasteiger partial charge in [0.2, 0.25) is 0 Å². The predicted molar refractivity (Wildman–Crippen MR) is 112 cm³/mol. The topological polar surface area (TPSA) is 26.3 Å². The van der Waals surface area contributed by atoms with Gasteiger partial charge in [0.05, 0.1) is 7.11 Å². The molecule has 0 saturated carbocycles. The van der Waals surface area contributed by atoms with Crippen molar-refractivity contribution in [3.05, 3.63) is 34.9 Å². The first-order chi connectivity index (χ1) is 12.7. The quantitative estimate of drug-likeness (QED) is 0.253. The van der Waals surface area contributed by atoms with Crippen LogP contribution in [0.25, 0.3) is 0 Å². The lowest BCUT2D eigenvalue weighted by atomic mass is 9.93. The molecule has 0 radical (unpaired) electrons. The van der Waals surface area contributed by atoms with E-state index in [9.17, 15) is 4.79 Å². The second kappa shape index (κ2) is 14.8. The Bertz CT molecular complexity index is 493. The van der Waals surface area contributed by atoms with Crippen molar-refractivity contribution in [2.24, 2.45) is 0 Å². The zero-order valence-corrected chi connectivity index (χ0v) is 17.4. The molecule has 0 aromatic heterocycles. The lowest BCUT2D eigenvalue weighted by Gasteiger charge is -2.12. The van der Waals surface area contributed by atoms with E-state index in [2.05, 4.69) is 32.0 Å². The number of carbonyl (C=O) groups is 1. The molecule has 0 aliphatic rings. The van der Waals surface area contributed by atoms with E-state index in [0.29, 0.717) is 6.42 Å². The van der Waals surface area contributed by atoms with Gasteiger partial charge in [0.15, 0.2) is 0 Å². The number of hydrogen-bond donors (Lipinski definition) is 0. The third-order valence-electron chi connectivity index (χ3n) is 5.22. The molecule has 1 rings (SSSR count). The van der Waals surface area contributed by atoms with Gasteiger partial charge in [0, 0.05) is 6.42 Å². The van der Waals surface area contributed by atoms with E-state index in [0.717, 1.165) is 6.42 Å². The first-order valence-electron chi connectivity index (χ1n) is 10.9. The number of esters is 1. The SMILES string of the molecule is CCCCCCCc1ccc(CCC(=O)OC)cc1CCCCCCC. The van der Waals surface area contributed by atoms with E-state index in [-0.39, 0.29) is 5.97 Å². The number of unbranched alkanes of at least 4 members (excludes halogenated alkanes) is 8. The summed E-state index contributed by atoms with van der Waals surface area (Å²) in [6.45, 7) is 4.53. The van der Waals surface area contributed by atoms with Crippen LogP contribution in [0.3, 0.4) is 0 Å². The number of ether oxygens (including phenoxy) is 1. The molecule has 148 valence electrons. The fraction of sp³-hybridized carbons (Fsp3) is 0.708. The van der Waals surface area contributed by atoms with Crippen molar-refractivity contribution in [1.82, 2.24) is 0 Å². The average molecular weight is 361 g/mol. The highest BCUT2D eigenvalue weighted by atomic mass is 16.5. The average Bonchev–Trinajstić information content (AvgIpc) is 2.66. The van der Waals surface area contributed by atoms with Crippen LogP contribution in [0.4, 0.5) is 0 Å². The molecule has 0 saturated heterocycles. The summed E-state index contributed by atoms with van der Waals surface area (Å²) in [5.41, 5.74) is 4.31. The van der Waals surface area contributed by atoms with E-state index in [1.807, 2.05) is 0 Å². The van der Waals surface area contributed by atoms with Gasteiger partial charge in [-0.3, -0.25) is 4.79 Å². The molecule has 0 aliphatic heterocycles. The Labute approximate surface area is 161 Å². The third kappa shape index (κ3) is 9.99. The van der Waals surface area contributed by atoms with Crippen LogP contribution in [0.5, 0.6) is 0 Å².